The summed E-state index contributed by atoms with van der Waals surface area (Å²) in [7, 11) is 0. The molecule has 3 aromatic rings. The lowest BCUT2D eigenvalue weighted by Crippen LogP contribution is -2.31. The Kier molecular flexibility index (Phi) is 5.06. The molecule has 2 heterocycles. The van der Waals surface area contributed by atoms with Gasteiger partial charge in [-0.15, -0.1) is 5.10 Å². The molecule has 2 aromatic heterocycles. The van der Waals surface area contributed by atoms with E-state index in [0.29, 0.717) is 22.7 Å². The van der Waals surface area contributed by atoms with Gasteiger partial charge in [0.1, 0.15) is 5.82 Å². The minimum Gasteiger partial charge on any atom is -0.355 e. The highest BCUT2D eigenvalue weighted by atomic mass is 32.2. The highest BCUT2D eigenvalue weighted by Crippen LogP contribution is 2.24. The first-order chi connectivity index (χ1) is 12.7. The van der Waals surface area contributed by atoms with Crippen molar-refractivity contribution in [2.75, 3.05) is 12.3 Å². The molecule has 1 N–H and O–H groups in total. The smallest absolute Gasteiger partial charge is 0.230 e. The number of aryl methyl sites for hydroxylation is 1. The maximum absolute atomic E-state index is 12.3. The third-order valence-corrected chi connectivity index (χ3v) is 5.83. The lowest BCUT2D eigenvalue weighted by molar-refractivity contribution is -0.118. The highest BCUT2D eigenvalue weighted by Gasteiger charge is 2.16. The summed E-state index contributed by atoms with van der Waals surface area (Å²) in [4.78, 5) is 21.5. The van der Waals surface area contributed by atoms with E-state index in [2.05, 4.69) is 20.4 Å². The van der Waals surface area contributed by atoms with E-state index in [-0.39, 0.29) is 5.91 Å². The summed E-state index contributed by atoms with van der Waals surface area (Å²) in [6.45, 7) is 2.66. The molecule has 4 rings (SSSR count). The van der Waals surface area contributed by atoms with Crippen LogP contribution in [-0.2, 0) is 4.79 Å². The lowest BCUT2D eigenvalue weighted by Gasteiger charge is -2.21. The molecular weight excluding hydrogens is 346 g/mol. The molecule has 136 valence electrons. The quantitative estimate of drug-likeness (QED) is 0.551. The van der Waals surface area contributed by atoms with Crippen molar-refractivity contribution < 1.29 is 4.79 Å². The molecule has 0 unspecified atom stereocenters. The molecule has 1 amide bonds. The molecule has 0 radical (unpaired) electrons. The van der Waals surface area contributed by atoms with E-state index < -0.39 is 0 Å². The Labute approximate surface area is 156 Å². The van der Waals surface area contributed by atoms with Crippen molar-refractivity contribution in [2.24, 2.45) is 5.92 Å². The number of amides is 1. The number of fused-ring (bicyclic) bond motifs is 3. The van der Waals surface area contributed by atoms with Crippen LogP contribution in [0.1, 0.15) is 37.9 Å². The number of hydrogen-bond acceptors (Lipinski definition) is 5. The summed E-state index contributed by atoms with van der Waals surface area (Å²) in [6, 6.07) is 7.89. The average Bonchev–Trinajstić information content (AvgIpc) is 3.07. The number of carbonyl (C=O) groups is 1. The first kappa shape index (κ1) is 17.3. The number of aromatic nitrogens is 4. The summed E-state index contributed by atoms with van der Waals surface area (Å²) in [6.07, 6.45) is 6.39. The van der Waals surface area contributed by atoms with Gasteiger partial charge in [-0.25, -0.2) is 9.97 Å². The monoisotopic (exact) mass is 369 g/mol. The van der Waals surface area contributed by atoms with Crippen molar-refractivity contribution in [2.45, 2.75) is 44.2 Å². The number of carbonyl (C=O) groups excluding carboxylic acids is 1. The van der Waals surface area contributed by atoms with E-state index in [1.807, 2.05) is 31.2 Å². The molecule has 26 heavy (non-hydrogen) atoms. The second kappa shape index (κ2) is 7.61. The van der Waals surface area contributed by atoms with E-state index in [9.17, 15) is 4.79 Å². The van der Waals surface area contributed by atoms with Crippen LogP contribution >= 0.6 is 11.8 Å². The number of rotatable bonds is 5. The highest BCUT2D eigenvalue weighted by molar-refractivity contribution is 7.99. The normalized spacial score (nSPS) is 15.6. The third-order valence-electron chi connectivity index (χ3n) is 4.90. The number of para-hydroxylation sites is 1. The summed E-state index contributed by atoms with van der Waals surface area (Å²) < 4.78 is 1.75. The number of nitrogens with one attached hydrogen (secondary N) is 1. The maximum atomic E-state index is 12.3. The second-order valence-corrected chi connectivity index (χ2v) is 7.85. The van der Waals surface area contributed by atoms with Crippen molar-refractivity contribution in [3.63, 3.8) is 0 Å². The molecule has 0 aliphatic heterocycles. The predicted octanol–water partition coefficient (Wildman–Crippen LogP) is 3.37. The van der Waals surface area contributed by atoms with E-state index in [4.69, 9.17) is 0 Å². The topological polar surface area (TPSA) is 72.2 Å². The zero-order chi connectivity index (χ0) is 17.9. The number of hydrogen-bond donors (Lipinski definition) is 1. The van der Waals surface area contributed by atoms with Crippen molar-refractivity contribution in [1.29, 1.82) is 0 Å². The zero-order valence-corrected chi connectivity index (χ0v) is 15.8. The zero-order valence-electron chi connectivity index (χ0n) is 14.9. The van der Waals surface area contributed by atoms with Gasteiger partial charge in [0.25, 0.3) is 0 Å². The molecule has 7 heteroatoms. The van der Waals surface area contributed by atoms with Crippen LogP contribution in [0.4, 0.5) is 0 Å². The first-order valence-electron chi connectivity index (χ1n) is 9.22. The van der Waals surface area contributed by atoms with Gasteiger partial charge >= 0.3 is 0 Å². The summed E-state index contributed by atoms with van der Waals surface area (Å²) >= 11 is 1.41. The first-order valence-corrected chi connectivity index (χ1v) is 10.2. The lowest BCUT2D eigenvalue weighted by atomic mass is 9.89. The van der Waals surface area contributed by atoms with Crippen molar-refractivity contribution in [3.8, 4) is 0 Å². The van der Waals surface area contributed by atoms with Crippen LogP contribution in [0, 0.1) is 12.8 Å². The molecule has 1 aromatic carbocycles. The number of nitrogens with zero attached hydrogens (tertiary/aromatic N) is 4. The molecule has 1 aliphatic carbocycles. The van der Waals surface area contributed by atoms with Crippen LogP contribution < -0.4 is 5.32 Å². The van der Waals surface area contributed by atoms with E-state index in [1.54, 1.807) is 4.52 Å². The Bertz CT molecular complexity index is 932. The summed E-state index contributed by atoms with van der Waals surface area (Å²) in [5.41, 5.74) is 1.66. The van der Waals surface area contributed by atoms with Crippen molar-refractivity contribution >= 4 is 34.2 Å². The molecule has 1 saturated carbocycles. The van der Waals surface area contributed by atoms with Crippen LogP contribution in [0.5, 0.6) is 0 Å². The maximum Gasteiger partial charge on any atom is 0.230 e. The standard InChI is InChI=1S/C19H23N5OS/c1-13-21-18-15-9-5-6-10-16(15)22-19(24(18)23-13)26-12-17(25)20-11-14-7-3-2-4-8-14/h5-6,9-10,14H,2-4,7-8,11-12H2,1H3,(H,20,25). The molecule has 1 aliphatic rings. The van der Waals surface area contributed by atoms with Crippen LogP contribution in [-0.4, -0.2) is 37.8 Å². The van der Waals surface area contributed by atoms with Gasteiger partial charge in [-0.2, -0.15) is 4.52 Å². The van der Waals surface area contributed by atoms with Gasteiger partial charge in [0, 0.05) is 11.9 Å². The van der Waals surface area contributed by atoms with Crippen LogP contribution in [0.2, 0.25) is 0 Å². The molecule has 0 atom stereocenters. The second-order valence-electron chi connectivity index (χ2n) is 6.90. The van der Waals surface area contributed by atoms with Gasteiger partial charge < -0.3 is 5.32 Å². The SMILES string of the molecule is Cc1nc2c3ccccc3nc(SCC(=O)NCC3CCCCC3)n2n1. The average molecular weight is 369 g/mol. The molecule has 0 saturated heterocycles. The van der Waals surface area contributed by atoms with Gasteiger partial charge in [-0.1, -0.05) is 43.2 Å². The van der Waals surface area contributed by atoms with Gasteiger partial charge in [0.2, 0.25) is 5.91 Å². The van der Waals surface area contributed by atoms with Crippen molar-refractivity contribution in [3.05, 3.63) is 30.1 Å². The number of benzene rings is 1. The van der Waals surface area contributed by atoms with Gasteiger partial charge in [-0.3, -0.25) is 4.79 Å². The molecule has 0 spiro atoms. The Morgan fingerprint density at radius 1 is 1.23 bits per heavy atom. The Morgan fingerprint density at radius 3 is 2.88 bits per heavy atom. The minimum atomic E-state index is 0.0560. The largest absolute Gasteiger partial charge is 0.355 e. The molecule has 1 fully saturated rings. The minimum absolute atomic E-state index is 0.0560. The van der Waals surface area contributed by atoms with Crippen LogP contribution in [0.25, 0.3) is 16.6 Å². The van der Waals surface area contributed by atoms with Gasteiger partial charge in [-0.05, 0) is 37.8 Å². The number of thioether (sulfide) groups is 1. The van der Waals surface area contributed by atoms with E-state index >= 15 is 0 Å². The van der Waals surface area contributed by atoms with E-state index in [1.165, 1.54) is 43.9 Å². The Balaban J connectivity index is 1.46. The molecule has 0 bridgehead atoms. The summed E-state index contributed by atoms with van der Waals surface area (Å²) in [5, 5.41) is 9.20. The predicted molar refractivity (Wildman–Crippen MR) is 103 cm³/mol. The van der Waals surface area contributed by atoms with Crippen LogP contribution in [0.15, 0.2) is 29.4 Å². The Morgan fingerprint density at radius 2 is 2.04 bits per heavy atom. The Hall–Kier alpha value is -2.15. The molecule has 6 nitrogen and oxygen atoms in total. The summed E-state index contributed by atoms with van der Waals surface area (Å²) in [5.74, 6) is 1.74. The van der Waals surface area contributed by atoms with E-state index in [0.717, 1.165) is 23.1 Å². The van der Waals surface area contributed by atoms with Gasteiger partial charge in [0.15, 0.2) is 10.8 Å². The fourth-order valence-corrected chi connectivity index (χ4v) is 4.33. The fraction of sp³-hybridized carbons (Fsp3) is 0.474. The van der Waals surface area contributed by atoms with Crippen LogP contribution in [0.3, 0.4) is 0 Å². The third kappa shape index (κ3) is 3.67. The van der Waals surface area contributed by atoms with Crippen molar-refractivity contribution in [1.82, 2.24) is 24.9 Å². The van der Waals surface area contributed by atoms with Gasteiger partial charge in [0.05, 0.1) is 11.3 Å². The fourth-order valence-electron chi connectivity index (χ4n) is 3.56. The molecular formula is C19H23N5OS.